The third-order valence-electron chi connectivity index (χ3n) is 9.18. The SMILES string of the molecule is NC(=O)[C@H]1CC(F)(F)CN1C(=O)[C@@H]1CC[C@@]2(S(=O)(=O)c3ccc(F)cc3)c3ccc(C(F)(C(F)(F)F)C(F)(F)F)cc3CC[C@@H]12. The van der Waals surface area contributed by atoms with Gasteiger partial charge < -0.3 is 10.6 Å². The number of sulfone groups is 1. The van der Waals surface area contributed by atoms with E-state index in [-0.39, 0.29) is 30.0 Å². The predicted molar refractivity (Wildman–Crippen MR) is 135 cm³/mol. The second-order valence-electron chi connectivity index (χ2n) is 11.6. The first kappa shape index (κ1) is 33.0. The molecule has 3 aliphatic rings. The normalized spacial score (nSPS) is 26.8. The second-order valence-corrected chi connectivity index (χ2v) is 13.8. The van der Waals surface area contributed by atoms with Crippen LogP contribution in [0.3, 0.4) is 0 Å². The molecule has 0 spiro atoms. The summed E-state index contributed by atoms with van der Waals surface area (Å²) >= 11 is 0. The molecule has 2 aromatic rings. The van der Waals surface area contributed by atoms with Crippen molar-refractivity contribution >= 4 is 21.7 Å². The number of rotatable bonds is 5. The smallest absolute Gasteiger partial charge is 0.368 e. The highest BCUT2D eigenvalue weighted by atomic mass is 32.2. The fraction of sp³-hybridized carbons (Fsp3) is 0.500. The van der Waals surface area contributed by atoms with E-state index in [0.29, 0.717) is 17.0 Å². The van der Waals surface area contributed by atoms with Gasteiger partial charge in [0.2, 0.25) is 11.8 Å². The van der Waals surface area contributed by atoms with Crippen LogP contribution < -0.4 is 5.73 Å². The van der Waals surface area contributed by atoms with Crippen molar-refractivity contribution in [2.45, 2.75) is 71.7 Å². The number of likely N-dealkylation sites (tertiary alicyclic amines) is 1. The molecule has 2 aliphatic carbocycles. The Bertz CT molecular complexity index is 1630. The lowest BCUT2D eigenvalue weighted by Gasteiger charge is -2.43. The quantitative estimate of drug-likeness (QED) is 0.336. The van der Waals surface area contributed by atoms with Crippen LogP contribution in [0.1, 0.15) is 42.4 Å². The number of hydrogen-bond donors (Lipinski definition) is 1. The molecule has 4 atom stereocenters. The zero-order valence-electron chi connectivity index (χ0n) is 22.9. The monoisotopic (exact) mass is 674 g/mol. The van der Waals surface area contributed by atoms with Gasteiger partial charge in [-0.05, 0) is 67.0 Å². The van der Waals surface area contributed by atoms with Crippen LogP contribution in [0.25, 0.3) is 0 Å². The van der Waals surface area contributed by atoms with Gasteiger partial charge in [0.05, 0.1) is 11.4 Å². The maximum atomic E-state index is 15.0. The van der Waals surface area contributed by atoms with Crippen molar-refractivity contribution in [1.29, 1.82) is 0 Å². The molecule has 2 N–H and O–H groups in total. The minimum absolute atomic E-state index is 0.184. The number of hydrogen-bond acceptors (Lipinski definition) is 4. The molecule has 0 aromatic heterocycles. The molecule has 45 heavy (non-hydrogen) atoms. The third kappa shape index (κ3) is 4.87. The average Bonchev–Trinajstić information content (AvgIpc) is 3.49. The molecule has 1 heterocycles. The molecular weight excluding hydrogens is 650 g/mol. The van der Waals surface area contributed by atoms with E-state index in [2.05, 4.69) is 0 Å². The molecule has 6 nitrogen and oxygen atoms in total. The van der Waals surface area contributed by atoms with Gasteiger partial charge in [0.1, 0.15) is 16.6 Å². The van der Waals surface area contributed by atoms with E-state index in [9.17, 15) is 61.9 Å². The fourth-order valence-corrected chi connectivity index (χ4v) is 9.66. The summed E-state index contributed by atoms with van der Waals surface area (Å²) in [5.74, 6) is -9.18. The number of aryl methyl sites for hydroxylation is 1. The van der Waals surface area contributed by atoms with Gasteiger partial charge in [-0.2, -0.15) is 26.3 Å². The third-order valence-corrected chi connectivity index (χ3v) is 11.8. The summed E-state index contributed by atoms with van der Waals surface area (Å²) < 4.78 is 165. The maximum Gasteiger partial charge on any atom is 0.435 e. The second kappa shape index (κ2) is 10.3. The van der Waals surface area contributed by atoms with Crippen LogP contribution in [-0.2, 0) is 36.3 Å². The van der Waals surface area contributed by atoms with E-state index in [0.717, 1.165) is 24.3 Å². The van der Waals surface area contributed by atoms with Crippen LogP contribution in [0.5, 0.6) is 0 Å². The van der Waals surface area contributed by atoms with Crippen LogP contribution in [0, 0.1) is 17.7 Å². The van der Waals surface area contributed by atoms with Crippen LogP contribution in [0.15, 0.2) is 47.4 Å². The van der Waals surface area contributed by atoms with Gasteiger partial charge in [-0.15, -0.1) is 0 Å². The molecule has 1 saturated carbocycles. The summed E-state index contributed by atoms with van der Waals surface area (Å²) in [6.07, 6.45) is -15.4. The van der Waals surface area contributed by atoms with E-state index in [4.69, 9.17) is 5.73 Å². The van der Waals surface area contributed by atoms with Gasteiger partial charge in [-0.25, -0.2) is 26.0 Å². The van der Waals surface area contributed by atoms with Gasteiger partial charge in [-0.3, -0.25) is 9.59 Å². The predicted octanol–water partition coefficient (Wildman–Crippen LogP) is 5.48. The Labute approximate surface area is 249 Å². The number of carbonyl (C=O) groups excluding carboxylic acids is 2. The molecule has 246 valence electrons. The Morgan fingerprint density at radius 3 is 2.07 bits per heavy atom. The Morgan fingerprint density at radius 1 is 0.911 bits per heavy atom. The summed E-state index contributed by atoms with van der Waals surface area (Å²) in [5.41, 5.74) is -3.04. The minimum Gasteiger partial charge on any atom is -0.368 e. The number of primary amides is 1. The first-order valence-corrected chi connectivity index (χ1v) is 15.0. The van der Waals surface area contributed by atoms with Crippen LogP contribution >= 0.6 is 0 Å². The Kier molecular flexibility index (Phi) is 7.57. The summed E-state index contributed by atoms with van der Waals surface area (Å²) in [5, 5.41) is 0. The maximum absolute atomic E-state index is 15.0. The van der Waals surface area contributed by atoms with Crippen molar-refractivity contribution in [2.24, 2.45) is 17.6 Å². The van der Waals surface area contributed by atoms with Crippen LogP contribution in [0.4, 0.5) is 43.9 Å². The lowest BCUT2D eigenvalue weighted by atomic mass is 9.72. The van der Waals surface area contributed by atoms with Gasteiger partial charge in [0.15, 0.2) is 9.84 Å². The number of nitrogens with two attached hydrogens (primary N) is 1. The first-order chi connectivity index (χ1) is 20.6. The van der Waals surface area contributed by atoms with Gasteiger partial charge in [0.25, 0.3) is 5.92 Å². The molecular formula is C28H24F10N2O4S. The summed E-state index contributed by atoms with van der Waals surface area (Å²) in [7, 11) is -4.75. The molecule has 1 aliphatic heterocycles. The van der Waals surface area contributed by atoms with E-state index in [1.807, 2.05) is 0 Å². The largest absolute Gasteiger partial charge is 0.435 e. The van der Waals surface area contributed by atoms with Crippen molar-refractivity contribution in [1.82, 2.24) is 4.90 Å². The molecule has 0 radical (unpaired) electrons. The number of nitrogens with zero attached hydrogens (tertiary/aromatic N) is 1. The average molecular weight is 675 g/mol. The highest BCUT2D eigenvalue weighted by Gasteiger charge is 2.74. The van der Waals surface area contributed by atoms with Crippen molar-refractivity contribution < 1.29 is 61.9 Å². The van der Waals surface area contributed by atoms with E-state index in [1.54, 1.807) is 0 Å². The van der Waals surface area contributed by atoms with Crippen molar-refractivity contribution in [3.05, 3.63) is 65.0 Å². The number of fused-ring (bicyclic) bond motifs is 3. The number of halogens is 10. The first-order valence-electron chi connectivity index (χ1n) is 13.5. The van der Waals surface area contributed by atoms with E-state index < -0.39 is 110 Å². The van der Waals surface area contributed by atoms with E-state index in [1.165, 1.54) is 0 Å². The van der Waals surface area contributed by atoms with Gasteiger partial charge >= 0.3 is 18.0 Å². The van der Waals surface area contributed by atoms with Crippen LogP contribution in [-0.4, -0.2) is 56.0 Å². The fourth-order valence-electron chi connectivity index (χ4n) is 7.19. The summed E-state index contributed by atoms with van der Waals surface area (Å²) in [4.78, 5) is 25.7. The standard InChI is InChI=1S/C28H24F10N2O4S/c29-16-3-5-17(6-4-16)45(43,44)25-10-9-18(23(42)40-13-24(30,31)12-21(40)22(39)41)20(25)7-1-14-11-15(2-8-19(14)25)26(32,27(33,34)35)28(36,37)38/h2-6,8,11,18,20-21H,1,7,9-10,12-13H2,(H2,39,41)/t18-,20+,21-,25-/m1/s1. The highest BCUT2D eigenvalue weighted by Crippen LogP contribution is 2.61. The van der Waals surface area contributed by atoms with Gasteiger partial charge in [-0.1, -0.05) is 18.2 Å². The molecule has 17 heteroatoms. The lowest BCUT2D eigenvalue weighted by Crippen LogP contribution is -2.51. The topological polar surface area (TPSA) is 97.5 Å². The zero-order valence-corrected chi connectivity index (χ0v) is 23.7. The number of amides is 2. The molecule has 2 fully saturated rings. The number of benzene rings is 2. The van der Waals surface area contributed by atoms with Crippen molar-refractivity contribution in [2.75, 3.05) is 6.54 Å². The number of alkyl halides is 9. The molecule has 2 amide bonds. The minimum atomic E-state index is -6.44. The number of carbonyl (C=O) groups is 2. The lowest BCUT2D eigenvalue weighted by molar-refractivity contribution is -0.348. The zero-order chi connectivity index (χ0) is 33.5. The van der Waals surface area contributed by atoms with Crippen LogP contribution in [0.2, 0.25) is 0 Å². The molecule has 2 aromatic carbocycles. The molecule has 0 unspecified atom stereocenters. The molecule has 0 bridgehead atoms. The Morgan fingerprint density at radius 2 is 1.51 bits per heavy atom. The van der Waals surface area contributed by atoms with Crippen molar-refractivity contribution in [3.63, 3.8) is 0 Å². The van der Waals surface area contributed by atoms with E-state index >= 15 is 0 Å². The van der Waals surface area contributed by atoms with Gasteiger partial charge in [0, 0.05) is 17.9 Å². The molecule has 1 saturated heterocycles. The summed E-state index contributed by atoms with van der Waals surface area (Å²) in [6.45, 7) is -1.19. The molecule has 5 rings (SSSR count). The Hall–Kier alpha value is -3.37. The van der Waals surface area contributed by atoms with Crippen molar-refractivity contribution in [3.8, 4) is 0 Å². The highest BCUT2D eigenvalue weighted by molar-refractivity contribution is 7.92. The summed E-state index contributed by atoms with van der Waals surface area (Å²) in [6, 6.07) is 2.80. The Balaban J connectivity index is 1.68.